The van der Waals surface area contributed by atoms with Crippen LogP contribution in [0.1, 0.15) is 12.5 Å². The molecule has 0 saturated heterocycles. The Balaban J connectivity index is 2.92. The highest BCUT2D eigenvalue weighted by molar-refractivity contribution is 5.87. The summed E-state index contributed by atoms with van der Waals surface area (Å²) in [6.45, 7) is 1.56. The van der Waals surface area contributed by atoms with Gasteiger partial charge in [0.2, 0.25) is 5.91 Å². The lowest BCUT2D eigenvalue weighted by Gasteiger charge is -2.27. The van der Waals surface area contributed by atoms with Gasteiger partial charge in [-0.2, -0.15) is 0 Å². The molecule has 0 aliphatic carbocycles. The van der Waals surface area contributed by atoms with Crippen LogP contribution in [0.15, 0.2) is 24.3 Å². The number of methoxy groups -OCH3 is 1. The van der Waals surface area contributed by atoms with Gasteiger partial charge in [0.1, 0.15) is 11.8 Å². The summed E-state index contributed by atoms with van der Waals surface area (Å²) in [5.41, 5.74) is 6.36. The van der Waals surface area contributed by atoms with Gasteiger partial charge in [-0.25, -0.2) is 4.79 Å². The average Bonchev–Trinajstić information content (AvgIpc) is 2.44. The highest BCUT2D eigenvalue weighted by Crippen LogP contribution is 2.14. The van der Waals surface area contributed by atoms with Gasteiger partial charge < -0.3 is 20.5 Å². The number of ether oxygens (including phenoxy) is 1. The summed E-state index contributed by atoms with van der Waals surface area (Å²) >= 11 is 0. The van der Waals surface area contributed by atoms with Crippen molar-refractivity contribution in [1.29, 1.82) is 0 Å². The van der Waals surface area contributed by atoms with E-state index in [1.54, 1.807) is 19.1 Å². The number of aromatic hydroxyl groups is 1. The van der Waals surface area contributed by atoms with Gasteiger partial charge in [-0.1, -0.05) is 12.1 Å². The fourth-order valence-electron chi connectivity index (χ4n) is 1.84. The first-order valence-electron chi connectivity index (χ1n) is 6.24. The Bertz CT molecular complexity index is 471. The minimum Gasteiger partial charge on any atom is -0.508 e. The minimum atomic E-state index is -0.747. The number of esters is 1. The van der Waals surface area contributed by atoms with Crippen LogP contribution in [0.2, 0.25) is 0 Å². The lowest BCUT2D eigenvalue weighted by atomic mass is 10.0. The van der Waals surface area contributed by atoms with Gasteiger partial charge in [-0.15, -0.1) is 0 Å². The number of nitrogens with two attached hydrogens (primary N) is 1. The van der Waals surface area contributed by atoms with Crippen molar-refractivity contribution in [2.75, 3.05) is 14.2 Å². The third-order valence-electron chi connectivity index (χ3n) is 3.04. The second kappa shape index (κ2) is 6.91. The number of amides is 1. The van der Waals surface area contributed by atoms with Crippen LogP contribution in [0.5, 0.6) is 5.75 Å². The second-order valence-electron chi connectivity index (χ2n) is 4.65. The Kier molecular flexibility index (Phi) is 5.52. The zero-order chi connectivity index (χ0) is 15.3. The SMILES string of the molecule is COC(=O)[C@H](Cc1ccc(O)cc1)N(C)C(=O)[C@H](C)N. The molecule has 3 N–H and O–H groups in total. The lowest BCUT2D eigenvalue weighted by Crippen LogP contribution is -2.49. The van der Waals surface area contributed by atoms with E-state index in [9.17, 15) is 14.7 Å². The molecule has 1 aromatic rings. The number of likely N-dealkylation sites (N-methyl/N-ethyl adjacent to an activating group) is 1. The maximum absolute atomic E-state index is 11.9. The van der Waals surface area contributed by atoms with E-state index in [1.807, 2.05) is 0 Å². The number of phenols is 1. The van der Waals surface area contributed by atoms with E-state index in [4.69, 9.17) is 10.5 Å². The molecule has 0 radical (unpaired) electrons. The number of carbonyl (C=O) groups excluding carboxylic acids is 2. The predicted octanol–water partition coefficient (Wildman–Crippen LogP) is 0.282. The fourth-order valence-corrected chi connectivity index (χ4v) is 1.84. The van der Waals surface area contributed by atoms with E-state index in [0.29, 0.717) is 6.42 Å². The van der Waals surface area contributed by atoms with Crippen molar-refractivity contribution in [3.05, 3.63) is 29.8 Å². The van der Waals surface area contributed by atoms with E-state index in [0.717, 1.165) is 5.56 Å². The summed E-state index contributed by atoms with van der Waals surface area (Å²) in [6, 6.07) is 4.99. The van der Waals surface area contributed by atoms with E-state index in [-0.39, 0.29) is 11.7 Å². The third-order valence-corrected chi connectivity index (χ3v) is 3.04. The Hall–Kier alpha value is -2.08. The summed E-state index contributed by atoms with van der Waals surface area (Å²) < 4.78 is 4.74. The molecule has 6 heteroatoms. The molecule has 0 unspecified atom stereocenters. The number of carbonyl (C=O) groups is 2. The van der Waals surface area contributed by atoms with Crippen LogP contribution in [0.3, 0.4) is 0 Å². The topological polar surface area (TPSA) is 92.9 Å². The van der Waals surface area contributed by atoms with Gasteiger partial charge in [-0.3, -0.25) is 4.79 Å². The van der Waals surface area contributed by atoms with Gasteiger partial charge in [0.15, 0.2) is 0 Å². The van der Waals surface area contributed by atoms with Crippen LogP contribution in [0.25, 0.3) is 0 Å². The number of hydrogen-bond donors (Lipinski definition) is 2. The number of benzene rings is 1. The Labute approximate surface area is 118 Å². The molecule has 0 saturated carbocycles. The van der Waals surface area contributed by atoms with Crippen molar-refractivity contribution < 1.29 is 19.4 Å². The van der Waals surface area contributed by atoms with Crippen molar-refractivity contribution >= 4 is 11.9 Å². The summed E-state index contributed by atoms with van der Waals surface area (Å²) in [5, 5.41) is 9.24. The first-order valence-corrected chi connectivity index (χ1v) is 6.24. The number of phenolic OH excluding ortho intramolecular Hbond substituents is 1. The van der Waals surface area contributed by atoms with Crippen molar-refractivity contribution in [1.82, 2.24) is 4.90 Å². The van der Waals surface area contributed by atoms with Crippen molar-refractivity contribution in [3.8, 4) is 5.75 Å². The number of nitrogens with zero attached hydrogens (tertiary/aromatic N) is 1. The van der Waals surface area contributed by atoms with Gasteiger partial charge in [-0.05, 0) is 24.6 Å². The molecule has 1 rings (SSSR count). The monoisotopic (exact) mass is 280 g/mol. The Morgan fingerprint density at radius 2 is 1.90 bits per heavy atom. The maximum Gasteiger partial charge on any atom is 0.328 e. The first kappa shape index (κ1) is 16.0. The van der Waals surface area contributed by atoms with E-state index in [1.165, 1.54) is 31.2 Å². The molecule has 0 aromatic heterocycles. The van der Waals surface area contributed by atoms with Crippen LogP contribution < -0.4 is 5.73 Å². The molecule has 0 aliphatic rings. The normalized spacial score (nSPS) is 13.4. The summed E-state index contributed by atoms with van der Waals surface area (Å²) in [4.78, 5) is 25.0. The molecular formula is C14H20N2O4. The smallest absolute Gasteiger partial charge is 0.328 e. The molecule has 110 valence electrons. The Morgan fingerprint density at radius 3 is 2.35 bits per heavy atom. The second-order valence-corrected chi connectivity index (χ2v) is 4.65. The zero-order valence-corrected chi connectivity index (χ0v) is 11.9. The van der Waals surface area contributed by atoms with Gasteiger partial charge >= 0.3 is 5.97 Å². The molecule has 6 nitrogen and oxygen atoms in total. The largest absolute Gasteiger partial charge is 0.508 e. The van der Waals surface area contributed by atoms with E-state index in [2.05, 4.69) is 0 Å². The third kappa shape index (κ3) is 3.96. The molecule has 0 heterocycles. The quantitative estimate of drug-likeness (QED) is 0.756. The van der Waals surface area contributed by atoms with Crippen molar-refractivity contribution in [2.45, 2.75) is 25.4 Å². The molecule has 0 aliphatic heterocycles. The lowest BCUT2D eigenvalue weighted by molar-refractivity contribution is -0.152. The van der Waals surface area contributed by atoms with Crippen molar-refractivity contribution in [3.63, 3.8) is 0 Å². The highest BCUT2D eigenvalue weighted by Gasteiger charge is 2.29. The maximum atomic E-state index is 11.9. The molecule has 2 atom stereocenters. The fraction of sp³-hybridized carbons (Fsp3) is 0.429. The Morgan fingerprint density at radius 1 is 1.35 bits per heavy atom. The van der Waals surface area contributed by atoms with Crippen LogP contribution in [-0.2, 0) is 20.7 Å². The summed E-state index contributed by atoms with van der Waals surface area (Å²) in [6.07, 6.45) is 0.294. The molecule has 0 spiro atoms. The van der Waals surface area contributed by atoms with Gasteiger partial charge in [0.25, 0.3) is 0 Å². The molecule has 1 aromatic carbocycles. The van der Waals surface area contributed by atoms with Gasteiger partial charge in [0.05, 0.1) is 13.2 Å². The minimum absolute atomic E-state index is 0.142. The van der Waals surface area contributed by atoms with Crippen LogP contribution in [0, 0.1) is 0 Å². The molecular weight excluding hydrogens is 260 g/mol. The van der Waals surface area contributed by atoms with Crippen LogP contribution >= 0.6 is 0 Å². The van der Waals surface area contributed by atoms with E-state index >= 15 is 0 Å². The predicted molar refractivity (Wildman–Crippen MR) is 74.0 cm³/mol. The zero-order valence-electron chi connectivity index (χ0n) is 11.9. The molecule has 0 bridgehead atoms. The number of hydrogen-bond acceptors (Lipinski definition) is 5. The average molecular weight is 280 g/mol. The first-order chi connectivity index (χ1) is 9.36. The van der Waals surface area contributed by atoms with Crippen LogP contribution in [-0.4, -0.2) is 48.1 Å². The number of rotatable bonds is 5. The molecule has 1 amide bonds. The van der Waals surface area contributed by atoms with E-state index < -0.39 is 18.1 Å². The summed E-state index contributed by atoms with van der Waals surface area (Å²) in [5.74, 6) is -0.697. The van der Waals surface area contributed by atoms with Gasteiger partial charge in [0, 0.05) is 13.5 Å². The summed E-state index contributed by atoms with van der Waals surface area (Å²) in [7, 11) is 2.80. The highest BCUT2D eigenvalue weighted by atomic mass is 16.5. The van der Waals surface area contributed by atoms with Crippen molar-refractivity contribution in [2.24, 2.45) is 5.73 Å². The standard InChI is InChI=1S/C14H20N2O4/c1-9(15)13(18)16(2)12(14(19)20-3)8-10-4-6-11(17)7-5-10/h4-7,9,12,17H,8,15H2,1-3H3/t9-,12-/m0/s1. The molecule has 0 fully saturated rings. The van der Waals surface area contributed by atoms with Crippen LogP contribution in [0.4, 0.5) is 0 Å². The molecule has 20 heavy (non-hydrogen) atoms.